The van der Waals surface area contributed by atoms with E-state index in [2.05, 4.69) is 37.9 Å². The third kappa shape index (κ3) is 3.55. The summed E-state index contributed by atoms with van der Waals surface area (Å²) in [5.41, 5.74) is 0. The minimum absolute atomic E-state index is 0.648. The molecule has 2 heteroatoms. The number of rotatable bonds is 6. The van der Waals surface area contributed by atoms with Crippen LogP contribution < -0.4 is 5.32 Å². The molecule has 0 rings (SSSR count). The molecule has 0 aromatic heterocycles. The number of likely N-dealkylation sites (N-methyl/N-ethyl adjacent to an activating group) is 2. The summed E-state index contributed by atoms with van der Waals surface area (Å²) >= 11 is 0. The summed E-state index contributed by atoms with van der Waals surface area (Å²) in [6.45, 7) is 11.3. The molecule has 0 heterocycles. The van der Waals surface area contributed by atoms with Crippen molar-refractivity contribution in [3.63, 3.8) is 0 Å². The Morgan fingerprint density at radius 3 is 2.08 bits per heavy atom. The van der Waals surface area contributed by atoms with E-state index in [9.17, 15) is 0 Å². The van der Waals surface area contributed by atoms with Crippen molar-refractivity contribution in [1.29, 1.82) is 0 Å². The van der Waals surface area contributed by atoms with Gasteiger partial charge in [0.2, 0.25) is 0 Å². The molecular weight excluding hydrogens is 148 g/mol. The number of hydrogen-bond acceptors (Lipinski definition) is 2. The van der Waals surface area contributed by atoms with Crippen LogP contribution in [-0.4, -0.2) is 37.1 Å². The molecule has 0 aliphatic rings. The van der Waals surface area contributed by atoms with E-state index in [1.54, 1.807) is 0 Å². The normalized spacial score (nSPS) is 16.5. The van der Waals surface area contributed by atoms with E-state index >= 15 is 0 Å². The molecule has 1 N–H and O–H groups in total. The average Bonchev–Trinajstić information content (AvgIpc) is 2.06. The van der Waals surface area contributed by atoms with Crippen LogP contribution in [0.25, 0.3) is 0 Å². The molecule has 2 nitrogen and oxygen atoms in total. The van der Waals surface area contributed by atoms with Crippen molar-refractivity contribution < 1.29 is 0 Å². The zero-order chi connectivity index (χ0) is 9.56. The fraction of sp³-hybridized carbons (Fsp3) is 1.00. The highest BCUT2D eigenvalue weighted by Gasteiger charge is 2.15. The Morgan fingerprint density at radius 2 is 1.75 bits per heavy atom. The lowest BCUT2D eigenvalue weighted by Gasteiger charge is -2.33. The van der Waals surface area contributed by atoms with Crippen molar-refractivity contribution in [3.05, 3.63) is 0 Å². The zero-order valence-corrected chi connectivity index (χ0v) is 9.22. The molecule has 0 saturated heterocycles. The van der Waals surface area contributed by atoms with Crippen molar-refractivity contribution in [2.45, 2.75) is 46.2 Å². The second-order valence-corrected chi connectivity index (χ2v) is 3.49. The molecule has 0 radical (unpaired) electrons. The summed E-state index contributed by atoms with van der Waals surface area (Å²) in [7, 11) is 2.01. The Kier molecular flexibility index (Phi) is 6.39. The largest absolute Gasteiger partial charge is 0.318 e. The van der Waals surface area contributed by atoms with Gasteiger partial charge in [-0.1, -0.05) is 13.8 Å². The maximum absolute atomic E-state index is 3.22. The number of nitrogens with zero attached hydrogens (tertiary/aromatic N) is 1. The van der Waals surface area contributed by atoms with Crippen molar-refractivity contribution in [1.82, 2.24) is 10.2 Å². The van der Waals surface area contributed by atoms with E-state index in [4.69, 9.17) is 0 Å². The van der Waals surface area contributed by atoms with Gasteiger partial charge in [0, 0.05) is 18.6 Å². The lowest BCUT2D eigenvalue weighted by atomic mass is 10.1. The molecule has 0 aromatic rings. The van der Waals surface area contributed by atoms with Gasteiger partial charge in [-0.15, -0.1) is 0 Å². The topological polar surface area (TPSA) is 15.3 Å². The Morgan fingerprint density at radius 1 is 1.17 bits per heavy atom. The summed E-state index contributed by atoms with van der Waals surface area (Å²) in [4.78, 5) is 2.54. The van der Waals surface area contributed by atoms with Crippen molar-refractivity contribution >= 4 is 0 Å². The van der Waals surface area contributed by atoms with Gasteiger partial charge in [-0.05, 0) is 33.9 Å². The van der Waals surface area contributed by atoms with Crippen LogP contribution in [0.3, 0.4) is 0 Å². The highest BCUT2D eigenvalue weighted by molar-refractivity contribution is 4.72. The molecule has 0 aromatic carbocycles. The van der Waals surface area contributed by atoms with Crippen molar-refractivity contribution in [3.8, 4) is 0 Å². The first-order chi connectivity index (χ1) is 5.67. The summed E-state index contributed by atoms with van der Waals surface area (Å²) in [6.07, 6.45) is 1.24. The molecule has 0 fully saturated rings. The molecule has 0 amide bonds. The van der Waals surface area contributed by atoms with Gasteiger partial charge in [0.1, 0.15) is 0 Å². The molecule has 0 spiro atoms. The standard InChI is InChI=1S/C10H24N2/c1-6-9(3)12(7-2)10(4)8-11-5/h9-11H,6-8H2,1-5H3. The zero-order valence-electron chi connectivity index (χ0n) is 9.22. The minimum Gasteiger partial charge on any atom is -0.318 e. The fourth-order valence-corrected chi connectivity index (χ4v) is 1.70. The quantitative estimate of drug-likeness (QED) is 0.656. The molecule has 2 atom stereocenters. The lowest BCUT2D eigenvalue weighted by molar-refractivity contribution is 0.157. The predicted molar refractivity (Wildman–Crippen MR) is 55.5 cm³/mol. The smallest absolute Gasteiger partial charge is 0.0194 e. The maximum Gasteiger partial charge on any atom is 0.0194 e. The van der Waals surface area contributed by atoms with Gasteiger partial charge < -0.3 is 5.32 Å². The Bertz CT molecular complexity index is 104. The first-order valence-electron chi connectivity index (χ1n) is 5.07. The molecule has 74 valence electrons. The Balaban J connectivity index is 3.94. The second-order valence-electron chi connectivity index (χ2n) is 3.49. The van der Waals surface area contributed by atoms with Crippen LogP contribution in [0.4, 0.5) is 0 Å². The molecule has 12 heavy (non-hydrogen) atoms. The van der Waals surface area contributed by atoms with Gasteiger partial charge in [0.25, 0.3) is 0 Å². The molecule has 0 aliphatic heterocycles. The van der Waals surface area contributed by atoms with Gasteiger partial charge in [0.15, 0.2) is 0 Å². The van der Waals surface area contributed by atoms with Crippen LogP contribution >= 0.6 is 0 Å². The number of nitrogens with one attached hydrogen (secondary N) is 1. The van der Waals surface area contributed by atoms with Crippen LogP contribution in [0.1, 0.15) is 34.1 Å². The van der Waals surface area contributed by atoms with E-state index in [0.29, 0.717) is 12.1 Å². The van der Waals surface area contributed by atoms with E-state index < -0.39 is 0 Å². The van der Waals surface area contributed by atoms with Crippen LogP contribution in [0.15, 0.2) is 0 Å². The summed E-state index contributed by atoms with van der Waals surface area (Å²) in [5.74, 6) is 0. The SMILES string of the molecule is CCC(C)N(CC)C(C)CNC. The van der Waals surface area contributed by atoms with E-state index in [1.807, 2.05) is 7.05 Å². The summed E-state index contributed by atoms with van der Waals surface area (Å²) < 4.78 is 0. The molecule has 0 saturated carbocycles. The van der Waals surface area contributed by atoms with Gasteiger partial charge in [-0.2, -0.15) is 0 Å². The summed E-state index contributed by atoms with van der Waals surface area (Å²) in [5, 5.41) is 3.22. The Labute approximate surface area is 77.3 Å². The first-order valence-corrected chi connectivity index (χ1v) is 5.07. The Hall–Kier alpha value is -0.0800. The van der Waals surface area contributed by atoms with Crippen molar-refractivity contribution in [2.75, 3.05) is 20.1 Å². The lowest BCUT2D eigenvalue weighted by Crippen LogP contribution is -2.44. The van der Waals surface area contributed by atoms with Gasteiger partial charge in [-0.3, -0.25) is 4.90 Å². The maximum atomic E-state index is 3.22. The summed E-state index contributed by atoms with van der Waals surface area (Å²) in [6, 6.07) is 1.35. The second kappa shape index (κ2) is 6.44. The predicted octanol–water partition coefficient (Wildman–Crippen LogP) is 1.71. The molecule has 2 unspecified atom stereocenters. The van der Waals surface area contributed by atoms with Gasteiger partial charge in [-0.25, -0.2) is 0 Å². The third-order valence-electron chi connectivity index (χ3n) is 2.59. The monoisotopic (exact) mass is 172 g/mol. The molecule has 0 bridgehead atoms. The van der Waals surface area contributed by atoms with E-state index in [-0.39, 0.29) is 0 Å². The minimum atomic E-state index is 0.648. The van der Waals surface area contributed by atoms with Gasteiger partial charge in [0.05, 0.1) is 0 Å². The van der Waals surface area contributed by atoms with E-state index in [1.165, 1.54) is 6.42 Å². The highest BCUT2D eigenvalue weighted by atomic mass is 15.2. The van der Waals surface area contributed by atoms with Crippen LogP contribution in [0.5, 0.6) is 0 Å². The van der Waals surface area contributed by atoms with Crippen LogP contribution in [-0.2, 0) is 0 Å². The van der Waals surface area contributed by atoms with Crippen LogP contribution in [0, 0.1) is 0 Å². The van der Waals surface area contributed by atoms with Crippen LogP contribution in [0.2, 0.25) is 0 Å². The first kappa shape index (κ1) is 11.9. The van der Waals surface area contributed by atoms with Crippen molar-refractivity contribution in [2.24, 2.45) is 0 Å². The highest BCUT2D eigenvalue weighted by Crippen LogP contribution is 2.07. The number of hydrogen-bond donors (Lipinski definition) is 1. The van der Waals surface area contributed by atoms with Gasteiger partial charge >= 0.3 is 0 Å². The third-order valence-corrected chi connectivity index (χ3v) is 2.59. The molecule has 0 aliphatic carbocycles. The van der Waals surface area contributed by atoms with E-state index in [0.717, 1.165) is 13.1 Å². The fourth-order valence-electron chi connectivity index (χ4n) is 1.70. The average molecular weight is 172 g/mol. The molecular formula is C10H24N2.